The number of nitrogens with zero attached hydrogens (tertiary/aromatic N) is 2. The maximum Gasteiger partial charge on any atom is 0.225 e. The second-order valence-corrected chi connectivity index (χ2v) is 12.3. The maximum absolute atomic E-state index is 13.0. The van der Waals surface area contributed by atoms with Gasteiger partial charge in [0.15, 0.2) is 6.29 Å². The molecule has 1 amide bonds. The number of aromatic hydroxyl groups is 1. The highest BCUT2D eigenvalue weighted by Gasteiger charge is 2.39. The van der Waals surface area contributed by atoms with Crippen molar-refractivity contribution >= 4 is 5.91 Å². The summed E-state index contributed by atoms with van der Waals surface area (Å²) >= 11 is 0. The van der Waals surface area contributed by atoms with E-state index in [2.05, 4.69) is 63.1 Å². The third-order valence-electron chi connectivity index (χ3n) is 8.12. The highest BCUT2D eigenvalue weighted by atomic mass is 16.7. The zero-order chi connectivity index (χ0) is 29.2. The van der Waals surface area contributed by atoms with Gasteiger partial charge in [-0.3, -0.25) is 4.79 Å². The molecular formula is C33H50N2O5. The number of benzene rings is 2. The third kappa shape index (κ3) is 9.03. The molecular weight excluding hydrogens is 504 g/mol. The smallest absolute Gasteiger partial charge is 0.225 e. The average Bonchev–Trinajstić information content (AvgIpc) is 2.94. The van der Waals surface area contributed by atoms with Crippen LogP contribution in [0.5, 0.6) is 5.75 Å². The lowest BCUT2D eigenvalue weighted by Crippen LogP contribution is -2.41. The molecule has 40 heavy (non-hydrogen) atoms. The second-order valence-electron chi connectivity index (χ2n) is 12.3. The van der Waals surface area contributed by atoms with Gasteiger partial charge in [0.1, 0.15) is 5.75 Å². The van der Waals surface area contributed by atoms with Gasteiger partial charge in [0, 0.05) is 31.7 Å². The summed E-state index contributed by atoms with van der Waals surface area (Å²) in [5.74, 6) is 0.395. The van der Waals surface area contributed by atoms with Crippen LogP contribution in [-0.2, 0) is 30.8 Å². The van der Waals surface area contributed by atoms with Gasteiger partial charge >= 0.3 is 0 Å². The first-order valence-corrected chi connectivity index (χ1v) is 14.6. The quantitative estimate of drug-likeness (QED) is 0.255. The van der Waals surface area contributed by atoms with Crippen LogP contribution in [0.1, 0.15) is 63.1 Å². The Morgan fingerprint density at radius 2 is 1.73 bits per heavy atom. The number of amides is 1. The lowest BCUT2D eigenvalue weighted by atomic mass is 9.67. The zero-order valence-corrected chi connectivity index (χ0v) is 25.4. The number of carbonyl (C=O) groups excluding carboxylic acids is 1. The largest absolute Gasteiger partial charge is 0.508 e. The number of hydrogen-bond donors (Lipinski definition) is 1. The molecule has 1 aliphatic rings. The number of ether oxygens (including phenoxy) is 3. The Morgan fingerprint density at radius 3 is 2.35 bits per heavy atom. The second kappa shape index (κ2) is 15.0. The van der Waals surface area contributed by atoms with E-state index in [1.165, 1.54) is 5.56 Å². The summed E-state index contributed by atoms with van der Waals surface area (Å²) < 4.78 is 16.6. The minimum atomic E-state index is -0.447. The van der Waals surface area contributed by atoms with Crippen molar-refractivity contribution in [3.63, 3.8) is 0 Å². The van der Waals surface area contributed by atoms with Crippen LogP contribution in [0.25, 0.3) is 0 Å². The molecule has 2 aromatic carbocycles. The van der Waals surface area contributed by atoms with Gasteiger partial charge in [-0.05, 0) is 68.4 Å². The molecule has 0 radical (unpaired) electrons. The van der Waals surface area contributed by atoms with Crippen LogP contribution >= 0.6 is 0 Å². The van der Waals surface area contributed by atoms with Gasteiger partial charge in [-0.15, -0.1) is 0 Å². The number of hydrogen-bond acceptors (Lipinski definition) is 6. The molecule has 0 spiro atoms. The highest BCUT2D eigenvalue weighted by Crippen LogP contribution is 2.45. The summed E-state index contributed by atoms with van der Waals surface area (Å²) in [4.78, 5) is 17.2. The molecule has 222 valence electrons. The average molecular weight is 555 g/mol. The summed E-state index contributed by atoms with van der Waals surface area (Å²) in [6.07, 6.45) is 3.40. The van der Waals surface area contributed by atoms with E-state index in [9.17, 15) is 9.90 Å². The first-order chi connectivity index (χ1) is 19.1. The molecule has 1 aliphatic heterocycles. The van der Waals surface area contributed by atoms with Crippen LogP contribution < -0.4 is 0 Å². The number of likely N-dealkylation sites (tertiary alicyclic amines) is 1. The predicted octanol–water partition coefficient (Wildman–Crippen LogP) is 5.24. The molecule has 3 rings (SSSR count). The molecule has 0 saturated carbocycles. The van der Waals surface area contributed by atoms with Crippen molar-refractivity contribution in [3.8, 4) is 5.75 Å². The topological polar surface area (TPSA) is 71.5 Å². The van der Waals surface area contributed by atoms with Crippen LogP contribution in [0, 0.1) is 5.41 Å². The lowest BCUT2D eigenvalue weighted by Gasteiger charge is -2.42. The van der Waals surface area contributed by atoms with Crippen LogP contribution in [0.3, 0.4) is 0 Å². The van der Waals surface area contributed by atoms with E-state index in [4.69, 9.17) is 14.2 Å². The Bertz CT molecular complexity index is 1040. The lowest BCUT2D eigenvalue weighted by molar-refractivity contribution is -0.146. The third-order valence-corrected chi connectivity index (χ3v) is 8.12. The summed E-state index contributed by atoms with van der Waals surface area (Å²) in [5.41, 5.74) is 3.30. The molecule has 0 bridgehead atoms. The fourth-order valence-electron chi connectivity index (χ4n) is 5.42. The van der Waals surface area contributed by atoms with E-state index < -0.39 is 6.29 Å². The molecule has 0 aliphatic carbocycles. The molecule has 0 aromatic heterocycles. The first-order valence-electron chi connectivity index (χ1n) is 14.6. The van der Waals surface area contributed by atoms with Crippen LogP contribution in [0.15, 0.2) is 48.5 Å². The van der Waals surface area contributed by atoms with Crippen molar-refractivity contribution in [1.29, 1.82) is 0 Å². The van der Waals surface area contributed by atoms with Crippen molar-refractivity contribution in [2.24, 2.45) is 5.41 Å². The summed E-state index contributed by atoms with van der Waals surface area (Å²) in [7, 11) is 5.34. The Kier molecular flexibility index (Phi) is 12.0. The van der Waals surface area contributed by atoms with Gasteiger partial charge in [-0.25, -0.2) is 0 Å². The van der Waals surface area contributed by atoms with Gasteiger partial charge in [-0.2, -0.15) is 0 Å². The van der Waals surface area contributed by atoms with Gasteiger partial charge in [0.25, 0.3) is 0 Å². The number of rotatable bonds is 14. The Morgan fingerprint density at radius 1 is 1.05 bits per heavy atom. The highest BCUT2D eigenvalue weighted by molar-refractivity contribution is 5.76. The molecule has 0 unspecified atom stereocenters. The minimum Gasteiger partial charge on any atom is -0.508 e. The van der Waals surface area contributed by atoms with E-state index in [1.807, 2.05) is 23.1 Å². The minimum absolute atomic E-state index is 0.0438. The fraction of sp³-hybridized carbons (Fsp3) is 0.606. The number of phenolic OH excluding ortho intramolecular Hbond substituents is 1. The van der Waals surface area contributed by atoms with Gasteiger partial charge in [0.2, 0.25) is 5.91 Å². The Balaban J connectivity index is 1.60. The number of carbonyl (C=O) groups is 1. The van der Waals surface area contributed by atoms with Crippen molar-refractivity contribution in [2.75, 3.05) is 60.7 Å². The van der Waals surface area contributed by atoms with Crippen LogP contribution in [-0.4, -0.2) is 87.8 Å². The Hall–Kier alpha value is -2.45. The van der Waals surface area contributed by atoms with E-state index in [-0.39, 0.29) is 16.7 Å². The molecule has 7 nitrogen and oxygen atoms in total. The van der Waals surface area contributed by atoms with Crippen molar-refractivity contribution < 1.29 is 24.1 Å². The molecule has 1 N–H and O–H groups in total. The molecule has 0 atom stereocenters. The summed E-state index contributed by atoms with van der Waals surface area (Å²) in [6.45, 7) is 10.4. The molecule has 7 heteroatoms. The van der Waals surface area contributed by atoms with Gasteiger partial charge in [0.05, 0.1) is 26.2 Å². The van der Waals surface area contributed by atoms with Gasteiger partial charge in [-0.1, -0.05) is 63.2 Å². The first kappa shape index (κ1) is 32.1. The Labute approximate surface area is 241 Å². The van der Waals surface area contributed by atoms with Crippen molar-refractivity contribution in [2.45, 2.75) is 64.6 Å². The molecule has 1 heterocycles. The normalized spacial score (nSPS) is 15.9. The van der Waals surface area contributed by atoms with E-state index in [0.29, 0.717) is 38.5 Å². The van der Waals surface area contributed by atoms with E-state index in [0.717, 1.165) is 49.9 Å². The summed E-state index contributed by atoms with van der Waals surface area (Å²) in [6, 6.07) is 16.5. The van der Waals surface area contributed by atoms with Crippen molar-refractivity contribution in [3.05, 3.63) is 65.2 Å². The monoisotopic (exact) mass is 554 g/mol. The predicted molar refractivity (Wildman–Crippen MR) is 160 cm³/mol. The maximum atomic E-state index is 13.0. The number of phenols is 1. The summed E-state index contributed by atoms with van der Waals surface area (Å²) in [5, 5.41) is 11.0. The molecule has 2 aromatic rings. The number of piperidine rings is 1. The zero-order valence-electron chi connectivity index (χ0n) is 25.4. The van der Waals surface area contributed by atoms with Crippen LogP contribution in [0.4, 0.5) is 0 Å². The number of methoxy groups -OCH3 is 2. The van der Waals surface area contributed by atoms with E-state index >= 15 is 0 Å². The van der Waals surface area contributed by atoms with Crippen LogP contribution in [0.2, 0.25) is 0 Å². The van der Waals surface area contributed by atoms with Gasteiger partial charge < -0.3 is 29.1 Å². The fourth-order valence-corrected chi connectivity index (χ4v) is 5.42. The molecule has 1 saturated heterocycles. The standard InChI is InChI=1S/C33H50N2O5/c1-32(2,3)16-21-35(25-31(38-5)39-6)30(37)15-23-40-22-14-26-12-13-29(36)28(24-26)33(17-19-34(4)20-18-33)27-10-8-7-9-11-27/h7-13,24,31,36H,14-23,25H2,1-6H3. The molecule has 1 fully saturated rings. The van der Waals surface area contributed by atoms with E-state index in [1.54, 1.807) is 14.2 Å². The van der Waals surface area contributed by atoms with Crippen molar-refractivity contribution in [1.82, 2.24) is 9.80 Å². The SMILES string of the molecule is COC(CN(CCC(C)(C)C)C(=O)CCOCCc1ccc(O)c(C2(c3ccccc3)CCN(C)CC2)c1)OC.